The van der Waals surface area contributed by atoms with E-state index in [0.717, 1.165) is 155 Å². The molecule has 0 fully saturated rings. The number of benzene rings is 12. The zero-order valence-corrected chi connectivity index (χ0v) is 41.2. The number of hydrogen-bond donors (Lipinski definition) is 0. The molecule has 0 aliphatic carbocycles. The maximum absolute atomic E-state index is 7.36. The normalized spacial score (nSPS) is 11.9. The van der Waals surface area contributed by atoms with Crippen LogP contribution in [0.2, 0.25) is 0 Å². The minimum atomic E-state index is 0.790. The Morgan fingerprint density at radius 2 is 0.693 bits per heavy atom. The Labute approximate surface area is 432 Å². The molecule has 0 bridgehead atoms. The van der Waals surface area contributed by atoms with Crippen molar-refractivity contribution in [3.63, 3.8) is 0 Å². The van der Waals surface area contributed by atoms with Crippen LogP contribution in [0.1, 0.15) is 11.1 Å². The molecule has 5 nitrogen and oxygen atoms in total. The van der Waals surface area contributed by atoms with Crippen molar-refractivity contribution in [3.05, 3.63) is 254 Å². The largest absolute Gasteiger partial charge is 0.456 e. The molecule has 354 valence electrons. The molecule has 3 heterocycles. The third kappa shape index (κ3) is 6.71. The van der Waals surface area contributed by atoms with Crippen LogP contribution in [0.4, 0.5) is 34.1 Å². The van der Waals surface area contributed by atoms with Gasteiger partial charge < -0.3 is 23.1 Å². The Kier molecular flexibility index (Phi) is 9.63. The fourth-order valence-electron chi connectivity index (χ4n) is 11.8. The summed E-state index contributed by atoms with van der Waals surface area (Å²) in [5.41, 5.74) is 17.5. The van der Waals surface area contributed by atoms with E-state index < -0.39 is 0 Å². The second-order valence-electron chi connectivity index (χ2n) is 19.7. The van der Waals surface area contributed by atoms with E-state index in [-0.39, 0.29) is 0 Å². The Balaban J connectivity index is 0.993. The van der Waals surface area contributed by atoms with E-state index in [1.807, 2.05) is 0 Å². The van der Waals surface area contributed by atoms with E-state index in [2.05, 4.69) is 266 Å². The first-order chi connectivity index (χ1) is 37.0. The number of nitrogens with zero attached hydrogens (tertiary/aromatic N) is 2. The lowest BCUT2D eigenvalue weighted by Crippen LogP contribution is -2.11. The number of aryl methyl sites for hydroxylation is 2. The van der Waals surface area contributed by atoms with Gasteiger partial charge in [-0.2, -0.15) is 0 Å². The van der Waals surface area contributed by atoms with Crippen LogP contribution in [0.5, 0.6) is 0 Å². The Hall–Kier alpha value is -9.84. The van der Waals surface area contributed by atoms with E-state index in [9.17, 15) is 0 Å². The third-order valence-corrected chi connectivity index (χ3v) is 15.1. The number of hydrogen-bond acceptors (Lipinski definition) is 5. The lowest BCUT2D eigenvalue weighted by Gasteiger charge is -2.27. The lowest BCUT2D eigenvalue weighted by atomic mass is 9.95. The lowest BCUT2D eigenvalue weighted by molar-refractivity contribution is 0.668. The van der Waals surface area contributed by atoms with Gasteiger partial charge in [-0.25, -0.2) is 0 Å². The molecule has 3 aromatic heterocycles. The van der Waals surface area contributed by atoms with Gasteiger partial charge in [0.25, 0.3) is 0 Å². The number of para-hydroxylation sites is 5. The van der Waals surface area contributed by atoms with Gasteiger partial charge in [-0.05, 0) is 77.7 Å². The van der Waals surface area contributed by atoms with Gasteiger partial charge in [0.15, 0.2) is 11.2 Å². The molecular formula is C70H46N2O3. The average molecular weight is 963 g/mol. The molecule has 0 radical (unpaired) electrons. The Morgan fingerprint density at radius 3 is 1.27 bits per heavy atom. The predicted octanol–water partition coefficient (Wildman–Crippen LogP) is 20.6. The van der Waals surface area contributed by atoms with Crippen molar-refractivity contribution >= 4 is 121 Å². The summed E-state index contributed by atoms with van der Waals surface area (Å²) in [7, 11) is 0. The quantitative estimate of drug-likeness (QED) is 0.152. The van der Waals surface area contributed by atoms with Crippen molar-refractivity contribution in [1.29, 1.82) is 0 Å². The Morgan fingerprint density at radius 1 is 0.267 bits per heavy atom. The summed E-state index contributed by atoms with van der Waals surface area (Å²) in [6.45, 7) is 4.32. The number of fused-ring (bicyclic) bond motifs is 13. The smallest absolute Gasteiger partial charge is 0.159 e. The molecule has 0 aliphatic rings. The van der Waals surface area contributed by atoms with E-state index in [0.29, 0.717) is 0 Å². The summed E-state index contributed by atoms with van der Waals surface area (Å²) in [4.78, 5) is 4.70. The molecule has 0 saturated carbocycles. The molecule has 0 saturated heterocycles. The summed E-state index contributed by atoms with van der Waals surface area (Å²) >= 11 is 0. The predicted molar refractivity (Wildman–Crippen MR) is 313 cm³/mol. The van der Waals surface area contributed by atoms with Crippen molar-refractivity contribution in [2.45, 2.75) is 13.8 Å². The fraction of sp³-hybridized carbons (Fsp3) is 0.0286. The van der Waals surface area contributed by atoms with Gasteiger partial charge in [0, 0.05) is 77.7 Å². The Bertz CT molecular complexity index is 4740. The summed E-state index contributed by atoms with van der Waals surface area (Å²) < 4.78 is 21.6. The van der Waals surface area contributed by atoms with Crippen LogP contribution in [0, 0.1) is 13.8 Å². The average Bonchev–Trinajstić information content (AvgIpc) is 4.17. The fourth-order valence-corrected chi connectivity index (χ4v) is 11.8. The SMILES string of the molecule is Cc1cccc(N(c2cc3oc4cc(N(c5ccccc5)c5cccc6c5oc5c(-c7ccccc7)cccc56)c5ccc(C)cc5c4c3c3ccccc23)c2cccc3c2oc2c(-c4ccccc4)cccc23)c1. The van der Waals surface area contributed by atoms with Crippen LogP contribution in [0.25, 0.3) is 110 Å². The highest BCUT2D eigenvalue weighted by molar-refractivity contribution is 6.31. The van der Waals surface area contributed by atoms with Gasteiger partial charge in [0.2, 0.25) is 0 Å². The molecule has 5 heteroatoms. The number of furan rings is 3. The molecule has 12 aromatic carbocycles. The number of rotatable bonds is 8. The van der Waals surface area contributed by atoms with Crippen LogP contribution in [-0.2, 0) is 0 Å². The molecule has 0 amide bonds. The molecule has 0 unspecified atom stereocenters. The maximum Gasteiger partial charge on any atom is 0.159 e. The minimum absolute atomic E-state index is 0.790. The van der Waals surface area contributed by atoms with Gasteiger partial charge in [-0.15, -0.1) is 0 Å². The van der Waals surface area contributed by atoms with Gasteiger partial charge in [-0.3, -0.25) is 0 Å². The summed E-state index contributed by atoms with van der Waals surface area (Å²) in [6, 6.07) is 86.3. The standard InChI is InChI=1S/C70H46N2O3/c1-43-19-14-26-48(39-43)72(60-36-18-34-57-55-32-16-30-50(68(55)75-70(57)60)46-22-8-4-9-23-46)61-41-63-65(53-28-13-12-27-51(53)61)66-58-40-44(2)37-38-52(58)62(42-64(66)73-63)71(47-24-10-5-11-25-47)59-35-17-33-56-54-31-15-29-49(67(54)74-69(56)59)45-20-6-3-7-21-45/h3-42H,1-2H3. The van der Waals surface area contributed by atoms with Crippen LogP contribution in [-0.4, -0.2) is 0 Å². The van der Waals surface area contributed by atoms with Gasteiger partial charge in [-0.1, -0.05) is 200 Å². The summed E-state index contributed by atoms with van der Waals surface area (Å²) in [6.07, 6.45) is 0. The first-order valence-electron chi connectivity index (χ1n) is 25.6. The molecule has 75 heavy (non-hydrogen) atoms. The highest BCUT2D eigenvalue weighted by Gasteiger charge is 2.28. The first-order valence-corrected chi connectivity index (χ1v) is 25.6. The topological polar surface area (TPSA) is 45.9 Å². The van der Waals surface area contributed by atoms with Crippen LogP contribution >= 0.6 is 0 Å². The van der Waals surface area contributed by atoms with Crippen molar-refractivity contribution in [3.8, 4) is 22.3 Å². The van der Waals surface area contributed by atoms with Crippen LogP contribution in [0.15, 0.2) is 256 Å². The van der Waals surface area contributed by atoms with Gasteiger partial charge in [0.05, 0.1) is 22.7 Å². The van der Waals surface area contributed by atoms with E-state index in [4.69, 9.17) is 13.3 Å². The highest BCUT2D eigenvalue weighted by Crippen LogP contribution is 2.52. The van der Waals surface area contributed by atoms with E-state index in [1.54, 1.807) is 0 Å². The summed E-state index contributed by atoms with van der Waals surface area (Å²) in [5.74, 6) is 0. The molecule has 0 N–H and O–H groups in total. The van der Waals surface area contributed by atoms with E-state index >= 15 is 0 Å². The van der Waals surface area contributed by atoms with Gasteiger partial charge >= 0.3 is 0 Å². The van der Waals surface area contributed by atoms with Crippen LogP contribution in [0.3, 0.4) is 0 Å². The monoisotopic (exact) mass is 962 g/mol. The van der Waals surface area contributed by atoms with Crippen molar-refractivity contribution < 1.29 is 13.3 Å². The molecule has 15 aromatic rings. The van der Waals surface area contributed by atoms with Gasteiger partial charge in [0.1, 0.15) is 22.3 Å². The highest BCUT2D eigenvalue weighted by atomic mass is 16.3. The molecular weight excluding hydrogens is 917 g/mol. The van der Waals surface area contributed by atoms with Crippen molar-refractivity contribution in [2.24, 2.45) is 0 Å². The zero-order chi connectivity index (χ0) is 49.7. The molecule has 0 atom stereocenters. The first kappa shape index (κ1) is 42.8. The van der Waals surface area contributed by atoms with Crippen molar-refractivity contribution in [2.75, 3.05) is 9.80 Å². The van der Waals surface area contributed by atoms with Crippen molar-refractivity contribution in [1.82, 2.24) is 0 Å². The number of anilines is 6. The summed E-state index contributed by atoms with van der Waals surface area (Å²) in [5, 5.41) is 10.8. The molecule has 15 rings (SSSR count). The third-order valence-electron chi connectivity index (χ3n) is 15.1. The zero-order valence-electron chi connectivity index (χ0n) is 41.2. The van der Waals surface area contributed by atoms with E-state index in [1.165, 1.54) is 0 Å². The second kappa shape index (κ2) is 16.9. The minimum Gasteiger partial charge on any atom is -0.456 e. The van der Waals surface area contributed by atoms with Crippen LogP contribution < -0.4 is 9.80 Å². The maximum atomic E-state index is 7.36. The second-order valence-corrected chi connectivity index (χ2v) is 19.7. The molecule has 0 spiro atoms. The molecule has 0 aliphatic heterocycles.